The number of nitrogens with zero attached hydrogens (tertiary/aromatic N) is 2. The molecular formula is C23H33N3O5S. The molecule has 2 heterocycles. The van der Waals surface area contributed by atoms with Crippen LogP contribution in [0.1, 0.15) is 52.9 Å². The summed E-state index contributed by atoms with van der Waals surface area (Å²) in [4.78, 5) is 25.1. The van der Waals surface area contributed by atoms with Crippen LogP contribution < -0.4 is 11.1 Å². The zero-order valence-electron chi connectivity index (χ0n) is 19.0. The third kappa shape index (κ3) is 4.78. The number of nitrogens with one attached hydrogen (secondary N) is 1. The van der Waals surface area contributed by atoms with Gasteiger partial charge in [0.1, 0.15) is 6.54 Å². The normalized spacial score (nSPS) is 27.5. The Hall–Kier alpha value is -2.13. The number of rotatable bonds is 5. The van der Waals surface area contributed by atoms with E-state index in [4.69, 9.17) is 4.42 Å². The standard InChI is InChI=1S/C23H33N3O5S/c1-15-4-6-18(7-5-15)24-22(27)14-26-20-9-8-19(11-21(20)31-23(26)28)32(29,30)25-12-16(2)10-17(3)13-25/h8-9,11,15-18H,4-7,10,12-14H2,1-3H3,(H,24,27)/t15?,16-,17+,18?. The molecule has 1 aromatic heterocycles. The summed E-state index contributed by atoms with van der Waals surface area (Å²) >= 11 is 0. The van der Waals surface area contributed by atoms with Crippen LogP contribution in [0.25, 0.3) is 11.1 Å². The number of hydrogen-bond donors (Lipinski definition) is 1. The fourth-order valence-corrected chi connectivity index (χ4v) is 6.82. The number of piperidine rings is 1. The summed E-state index contributed by atoms with van der Waals surface area (Å²) in [5, 5.41) is 3.01. The van der Waals surface area contributed by atoms with Crippen molar-refractivity contribution in [2.45, 2.75) is 70.4 Å². The number of carbonyl (C=O) groups is 1. The van der Waals surface area contributed by atoms with Crippen LogP contribution >= 0.6 is 0 Å². The highest BCUT2D eigenvalue weighted by atomic mass is 32.2. The van der Waals surface area contributed by atoms with Crippen molar-refractivity contribution in [2.24, 2.45) is 17.8 Å². The van der Waals surface area contributed by atoms with Crippen molar-refractivity contribution in [1.29, 1.82) is 0 Å². The first-order valence-electron chi connectivity index (χ1n) is 11.6. The molecule has 4 rings (SSSR count). The van der Waals surface area contributed by atoms with Gasteiger partial charge in [0.05, 0.1) is 10.4 Å². The largest absolute Gasteiger partial charge is 0.420 e. The first-order chi connectivity index (χ1) is 15.1. The van der Waals surface area contributed by atoms with Crippen molar-refractivity contribution >= 4 is 27.0 Å². The van der Waals surface area contributed by atoms with Gasteiger partial charge in [0.25, 0.3) is 0 Å². The van der Waals surface area contributed by atoms with Gasteiger partial charge < -0.3 is 9.73 Å². The minimum atomic E-state index is -3.69. The number of fused-ring (bicyclic) bond motifs is 1. The molecule has 32 heavy (non-hydrogen) atoms. The smallest absolute Gasteiger partial charge is 0.408 e. The monoisotopic (exact) mass is 463 g/mol. The summed E-state index contributed by atoms with van der Waals surface area (Å²) < 4.78 is 34.4. The van der Waals surface area contributed by atoms with Crippen molar-refractivity contribution in [1.82, 2.24) is 14.2 Å². The Bertz CT molecular complexity index is 1130. The molecule has 9 heteroatoms. The molecule has 1 saturated carbocycles. The van der Waals surface area contributed by atoms with Crippen LogP contribution in [-0.2, 0) is 21.4 Å². The lowest BCUT2D eigenvalue weighted by atomic mass is 9.87. The van der Waals surface area contributed by atoms with Gasteiger partial charge in [-0.1, -0.05) is 20.8 Å². The average molecular weight is 464 g/mol. The maximum atomic E-state index is 13.2. The van der Waals surface area contributed by atoms with Crippen LogP contribution in [0.3, 0.4) is 0 Å². The SMILES string of the molecule is CC1CCC(NC(=O)Cn2c(=O)oc3cc(S(=O)(=O)N4C[C@H](C)C[C@H](C)C4)ccc32)CC1. The van der Waals surface area contributed by atoms with Gasteiger partial charge in [-0.05, 0) is 62.0 Å². The summed E-state index contributed by atoms with van der Waals surface area (Å²) in [6.45, 7) is 7.14. The van der Waals surface area contributed by atoms with Gasteiger partial charge in [-0.25, -0.2) is 13.2 Å². The summed E-state index contributed by atoms with van der Waals surface area (Å²) in [7, 11) is -3.69. The number of aromatic nitrogens is 1. The third-order valence-electron chi connectivity index (χ3n) is 6.80. The minimum absolute atomic E-state index is 0.105. The van der Waals surface area contributed by atoms with Crippen LogP contribution in [-0.4, -0.2) is 42.3 Å². The van der Waals surface area contributed by atoms with E-state index in [2.05, 4.69) is 26.1 Å². The Labute approximate surface area is 189 Å². The Morgan fingerprint density at radius 1 is 1.06 bits per heavy atom. The van der Waals surface area contributed by atoms with Gasteiger partial charge in [-0.15, -0.1) is 0 Å². The Morgan fingerprint density at radius 3 is 2.38 bits per heavy atom. The fourth-order valence-electron chi connectivity index (χ4n) is 5.13. The van der Waals surface area contributed by atoms with Gasteiger partial charge in [0.15, 0.2) is 5.58 Å². The molecule has 1 aromatic carbocycles. The molecule has 2 aliphatic rings. The summed E-state index contributed by atoms with van der Waals surface area (Å²) in [6, 6.07) is 4.58. The van der Waals surface area contributed by atoms with Crippen LogP contribution in [0.2, 0.25) is 0 Å². The van der Waals surface area contributed by atoms with Crippen LogP contribution in [0, 0.1) is 17.8 Å². The maximum absolute atomic E-state index is 13.2. The number of sulfonamides is 1. The Kier molecular flexibility index (Phi) is 6.49. The minimum Gasteiger partial charge on any atom is -0.408 e. The molecule has 8 nitrogen and oxygen atoms in total. The zero-order valence-corrected chi connectivity index (χ0v) is 19.9. The molecule has 0 bridgehead atoms. The second-order valence-electron chi connectivity index (χ2n) is 9.88. The molecule has 0 spiro atoms. The third-order valence-corrected chi connectivity index (χ3v) is 8.62. The van der Waals surface area contributed by atoms with E-state index in [-0.39, 0.29) is 29.0 Å². The highest BCUT2D eigenvalue weighted by molar-refractivity contribution is 7.89. The quantitative estimate of drug-likeness (QED) is 0.735. The topological polar surface area (TPSA) is 102 Å². The number of hydrogen-bond acceptors (Lipinski definition) is 5. The fraction of sp³-hybridized carbons (Fsp3) is 0.652. The van der Waals surface area contributed by atoms with Crippen LogP contribution in [0.5, 0.6) is 0 Å². The van der Waals surface area contributed by atoms with Gasteiger partial charge in [0, 0.05) is 25.2 Å². The predicted molar refractivity (Wildman–Crippen MR) is 122 cm³/mol. The first kappa shape index (κ1) is 23.0. The molecular weight excluding hydrogens is 430 g/mol. The van der Waals surface area contributed by atoms with E-state index in [0.29, 0.717) is 36.4 Å². The summed E-state index contributed by atoms with van der Waals surface area (Å²) in [5.74, 6) is 0.374. The van der Waals surface area contributed by atoms with E-state index in [1.54, 1.807) is 6.07 Å². The van der Waals surface area contributed by atoms with Crippen LogP contribution in [0.15, 0.2) is 32.3 Å². The second-order valence-corrected chi connectivity index (χ2v) is 11.8. The molecule has 2 atom stereocenters. The van der Waals surface area contributed by atoms with Crippen molar-refractivity contribution in [3.63, 3.8) is 0 Å². The molecule has 1 aliphatic carbocycles. The average Bonchev–Trinajstić information content (AvgIpc) is 3.03. The highest BCUT2D eigenvalue weighted by Gasteiger charge is 2.32. The summed E-state index contributed by atoms with van der Waals surface area (Å²) in [5.41, 5.74) is 0.593. The van der Waals surface area contributed by atoms with Gasteiger partial charge in [-0.2, -0.15) is 4.31 Å². The molecule has 1 amide bonds. The lowest BCUT2D eigenvalue weighted by Gasteiger charge is -2.34. The van der Waals surface area contributed by atoms with E-state index in [0.717, 1.165) is 32.1 Å². The van der Waals surface area contributed by atoms with E-state index in [9.17, 15) is 18.0 Å². The van der Waals surface area contributed by atoms with Crippen molar-refractivity contribution < 1.29 is 17.6 Å². The Morgan fingerprint density at radius 2 is 1.72 bits per heavy atom. The highest BCUT2D eigenvalue weighted by Crippen LogP contribution is 2.28. The van der Waals surface area contributed by atoms with Crippen molar-refractivity contribution in [2.75, 3.05) is 13.1 Å². The molecule has 1 N–H and O–H groups in total. The first-order valence-corrected chi connectivity index (χ1v) is 13.0. The molecule has 2 aromatic rings. The molecule has 2 fully saturated rings. The van der Waals surface area contributed by atoms with Crippen molar-refractivity contribution in [3.8, 4) is 0 Å². The lowest BCUT2D eigenvalue weighted by molar-refractivity contribution is -0.122. The zero-order chi connectivity index (χ0) is 23.0. The van der Waals surface area contributed by atoms with E-state index in [1.807, 2.05) is 0 Å². The van der Waals surface area contributed by atoms with Gasteiger partial charge >= 0.3 is 5.76 Å². The second kappa shape index (κ2) is 9.02. The Balaban J connectivity index is 1.53. The number of amides is 1. The van der Waals surface area contributed by atoms with E-state index in [1.165, 1.54) is 21.0 Å². The molecule has 0 unspecified atom stereocenters. The van der Waals surface area contributed by atoms with Gasteiger partial charge in [0.2, 0.25) is 15.9 Å². The van der Waals surface area contributed by atoms with E-state index >= 15 is 0 Å². The number of carbonyl (C=O) groups excluding carboxylic acids is 1. The maximum Gasteiger partial charge on any atom is 0.420 e. The number of oxazole rings is 1. The molecule has 1 saturated heterocycles. The predicted octanol–water partition coefficient (Wildman–Crippen LogP) is 2.96. The molecule has 176 valence electrons. The van der Waals surface area contributed by atoms with Gasteiger partial charge in [-0.3, -0.25) is 9.36 Å². The summed E-state index contributed by atoms with van der Waals surface area (Å²) in [6.07, 6.45) is 5.08. The molecule has 1 aliphatic heterocycles. The van der Waals surface area contributed by atoms with Crippen LogP contribution in [0.4, 0.5) is 0 Å². The number of benzene rings is 1. The van der Waals surface area contributed by atoms with E-state index < -0.39 is 15.8 Å². The van der Waals surface area contributed by atoms with Crippen molar-refractivity contribution in [3.05, 3.63) is 28.7 Å². The lowest BCUT2D eigenvalue weighted by Crippen LogP contribution is -2.42. The molecule has 0 radical (unpaired) electrons.